The average Bonchev–Trinajstić information content (AvgIpc) is 2.56. The van der Waals surface area contributed by atoms with Crippen LogP contribution in [0.2, 0.25) is 0 Å². The summed E-state index contributed by atoms with van der Waals surface area (Å²) in [5.74, 6) is 0. The van der Waals surface area contributed by atoms with Crippen molar-refractivity contribution in [2.24, 2.45) is 5.73 Å². The zero-order valence-electron chi connectivity index (χ0n) is 11.1. The van der Waals surface area contributed by atoms with Gasteiger partial charge in [0, 0.05) is 11.3 Å². The molecule has 2 rings (SSSR count). The number of benzene rings is 1. The maximum absolute atomic E-state index is 11.9. The lowest BCUT2D eigenvalue weighted by molar-refractivity contribution is 0.830. The first-order valence-electron chi connectivity index (χ1n) is 6.12. The fraction of sp³-hybridized carbons (Fsp3) is 0.357. The van der Waals surface area contributed by atoms with Crippen molar-refractivity contribution in [1.82, 2.24) is 9.78 Å². The average molecular weight is 245 g/mol. The molecule has 0 aliphatic heterocycles. The Morgan fingerprint density at radius 2 is 1.78 bits per heavy atom. The minimum atomic E-state index is -0.0443. The Balaban J connectivity index is 2.57. The van der Waals surface area contributed by atoms with Crippen LogP contribution in [0.15, 0.2) is 23.0 Å². The number of hydrogen-bond donors (Lipinski definition) is 2. The van der Waals surface area contributed by atoms with Crippen LogP contribution in [-0.2, 0) is 6.42 Å². The summed E-state index contributed by atoms with van der Waals surface area (Å²) < 4.78 is 1.84. The minimum absolute atomic E-state index is 0.0443. The summed E-state index contributed by atoms with van der Waals surface area (Å²) in [5, 5.41) is 2.87. The van der Waals surface area contributed by atoms with Gasteiger partial charge in [0.2, 0.25) is 0 Å². The topological polar surface area (TPSA) is 63.8 Å². The van der Waals surface area contributed by atoms with Gasteiger partial charge in [-0.3, -0.25) is 14.6 Å². The molecular weight excluding hydrogens is 226 g/mol. The zero-order chi connectivity index (χ0) is 13.3. The molecule has 0 bridgehead atoms. The summed E-state index contributed by atoms with van der Waals surface area (Å²) in [7, 11) is 0. The van der Waals surface area contributed by atoms with Gasteiger partial charge >= 0.3 is 0 Å². The van der Waals surface area contributed by atoms with Gasteiger partial charge in [0.1, 0.15) is 0 Å². The SMILES string of the molecule is Cc1cc(C)cc(-n2[nH]c(=O)c(CCN)c2C)c1. The van der Waals surface area contributed by atoms with Crippen molar-refractivity contribution in [3.8, 4) is 5.69 Å². The lowest BCUT2D eigenvalue weighted by atomic mass is 10.1. The number of nitrogens with zero attached hydrogens (tertiary/aromatic N) is 1. The molecule has 1 aromatic carbocycles. The second kappa shape index (κ2) is 4.82. The molecule has 0 amide bonds. The second-order valence-corrected chi connectivity index (χ2v) is 4.72. The van der Waals surface area contributed by atoms with E-state index < -0.39 is 0 Å². The number of aromatic amines is 1. The minimum Gasteiger partial charge on any atom is -0.330 e. The third kappa shape index (κ3) is 2.24. The van der Waals surface area contributed by atoms with Crippen molar-refractivity contribution < 1.29 is 0 Å². The lowest BCUT2D eigenvalue weighted by Gasteiger charge is -2.08. The van der Waals surface area contributed by atoms with E-state index in [1.165, 1.54) is 11.1 Å². The van der Waals surface area contributed by atoms with Gasteiger partial charge in [0.15, 0.2) is 0 Å². The number of hydrogen-bond acceptors (Lipinski definition) is 2. The molecule has 18 heavy (non-hydrogen) atoms. The Kier molecular flexibility index (Phi) is 3.39. The second-order valence-electron chi connectivity index (χ2n) is 4.72. The normalized spacial score (nSPS) is 10.9. The van der Waals surface area contributed by atoms with E-state index in [4.69, 9.17) is 5.73 Å². The van der Waals surface area contributed by atoms with Gasteiger partial charge in [-0.05, 0) is 57.0 Å². The van der Waals surface area contributed by atoms with Crippen molar-refractivity contribution >= 4 is 0 Å². The molecule has 2 aromatic rings. The Bertz CT molecular complexity index is 602. The molecule has 0 fully saturated rings. The summed E-state index contributed by atoms with van der Waals surface area (Å²) in [4.78, 5) is 11.9. The van der Waals surface area contributed by atoms with Crippen LogP contribution in [0.5, 0.6) is 0 Å². The Morgan fingerprint density at radius 3 is 2.33 bits per heavy atom. The number of aromatic nitrogens is 2. The standard InChI is InChI=1S/C14H19N3O/c1-9-6-10(2)8-12(7-9)17-11(3)13(4-5-15)14(18)16-17/h6-8H,4-5,15H2,1-3H3,(H,16,18). The highest BCUT2D eigenvalue weighted by atomic mass is 16.1. The molecule has 3 N–H and O–H groups in total. The highest BCUT2D eigenvalue weighted by Gasteiger charge is 2.11. The maximum Gasteiger partial charge on any atom is 0.267 e. The predicted octanol–water partition coefficient (Wildman–Crippen LogP) is 1.59. The molecule has 0 radical (unpaired) electrons. The molecule has 4 heteroatoms. The van der Waals surface area contributed by atoms with Gasteiger partial charge in [-0.15, -0.1) is 0 Å². The van der Waals surface area contributed by atoms with Gasteiger partial charge in [0.05, 0.1) is 5.69 Å². The van der Waals surface area contributed by atoms with E-state index in [2.05, 4.69) is 23.3 Å². The smallest absolute Gasteiger partial charge is 0.267 e. The maximum atomic E-state index is 11.9. The van der Waals surface area contributed by atoms with Crippen LogP contribution in [0.1, 0.15) is 22.4 Å². The first-order valence-corrected chi connectivity index (χ1v) is 6.12. The van der Waals surface area contributed by atoms with E-state index >= 15 is 0 Å². The first kappa shape index (κ1) is 12.6. The van der Waals surface area contributed by atoms with E-state index in [0.29, 0.717) is 13.0 Å². The fourth-order valence-electron chi connectivity index (χ4n) is 2.33. The molecule has 4 nitrogen and oxygen atoms in total. The van der Waals surface area contributed by atoms with Gasteiger partial charge in [-0.1, -0.05) is 6.07 Å². The molecule has 1 aromatic heterocycles. The first-order chi connectivity index (χ1) is 8.52. The number of rotatable bonds is 3. The third-order valence-electron chi connectivity index (χ3n) is 3.12. The van der Waals surface area contributed by atoms with Gasteiger partial charge in [0.25, 0.3) is 5.56 Å². The molecule has 0 aliphatic carbocycles. The molecule has 0 unspecified atom stereocenters. The summed E-state index contributed by atoms with van der Waals surface area (Å²) in [5.41, 5.74) is 10.6. The van der Waals surface area contributed by atoms with Crippen LogP contribution < -0.4 is 11.3 Å². The summed E-state index contributed by atoms with van der Waals surface area (Å²) in [6.07, 6.45) is 0.610. The molecule has 0 atom stereocenters. The van der Waals surface area contributed by atoms with E-state index in [1.54, 1.807) is 0 Å². The van der Waals surface area contributed by atoms with E-state index in [1.807, 2.05) is 25.5 Å². The zero-order valence-corrected chi connectivity index (χ0v) is 11.1. The highest BCUT2D eigenvalue weighted by molar-refractivity contribution is 5.41. The Labute approximate surface area is 106 Å². The fourth-order valence-corrected chi connectivity index (χ4v) is 2.33. The van der Waals surface area contributed by atoms with Crippen LogP contribution in [0.4, 0.5) is 0 Å². The number of nitrogens with one attached hydrogen (secondary N) is 1. The number of nitrogens with two attached hydrogens (primary N) is 1. The lowest BCUT2D eigenvalue weighted by Crippen LogP contribution is -2.12. The van der Waals surface area contributed by atoms with E-state index in [0.717, 1.165) is 16.9 Å². The van der Waals surface area contributed by atoms with Crippen LogP contribution in [0, 0.1) is 20.8 Å². The van der Waals surface area contributed by atoms with Gasteiger partial charge < -0.3 is 5.73 Å². The van der Waals surface area contributed by atoms with Crippen LogP contribution in [0.25, 0.3) is 5.69 Å². The van der Waals surface area contributed by atoms with Crippen molar-refractivity contribution in [1.29, 1.82) is 0 Å². The van der Waals surface area contributed by atoms with Crippen molar-refractivity contribution in [3.63, 3.8) is 0 Å². The summed E-state index contributed by atoms with van der Waals surface area (Å²) in [6, 6.07) is 6.23. The van der Waals surface area contributed by atoms with Crippen molar-refractivity contribution in [3.05, 3.63) is 50.9 Å². The number of aryl methyl sites for hydroxylation is 2. The van der Waals surface area contributed by atoms with Crippen LogP contribution in [0.3, 0.4) is 0 Å². The molecule has 0 saturated heterocycles. The van der Waals surface area contributed by atoms with Gasteiger partial charge in [-0.25, -0.2) is 0 Å². The molecule has 0 spiro atoms. The van der Waals surface area contributed by atoms with Crippen molar-refractivity contribution in [2.75, 3.05) is 6.54 Å². The Morgan fingerprint density at radius 1 is 1.17 bits per heavy atom. The van der Waals surface area contributed by atoms with E-state index in [9.17, 15) is 4.79 Å². The van der Waals surface area contributed by atoms with Crippen molar-refractivity contribution in [2.45, 2.75) is 27.2 Å². The molecular formula is C14H19N3O. The predicted molar refractivity (Wildman–Crippen MR) is 73.4 cm³/mol. The number of H-pyrrole nitrogens is 1. The Hall–Kier alpha value is -1.81. The highest BCUT2D eigenvalue weighted by Crippen LogP contribution is 2.15. The summed E-state index contributed by atoms with van der Waals surface area (Å²) >= 11 is 0. The van der Waals surface area contributed by atoms with Crippen LogP contribution >= 0.6 is 0 Å². The largest absolute Gasteiger partial charge is 0.330 e. The summed E-state index contributed by atoms with van der Waals surface area (Å²) in [6.45, 7) is 6.53. The van der Waals surface area contributed by atoms with E-state index in [-0.39, 0.29) is 5.56 Å². The monoisotopic (exact) mass is 245 g/mol. The molecule has 0 saturated carbocycles. The quantitative estimate of drug-likeness (QED) is 0.862. The third-order valence-corrected chi connectivity index (χ3v) is 3.12. The molecule has 1 heterocycles. The molecule has 0 aliphatic rings. The van der Waals surface area contributed by atoms with Gasteiger partial charge in [-0.2, -0.15) is 0 Å². The molecule has 96 valence electrons. The van der Waals surface area contributed by atoms with Crippen LogP contribution in [-0.4, -0.2) is 16.3 Å².